The van der Waals surface area contributed by atoms with Crippen molar-refractivity contribution in [1.82, 2.24) is 10.3 Å². The van der Waals surface area contributed by atoms with Crippen LogP contribution in [0.3, 0.4) is 0 Å². The number of pyridine rings is 1. The Hall–Kier alpha value is -2.90. The van der Waals surface area contributed by atoms with E-state index in [1.54, 1.807) is 18.2 Å². The van der Waals surface area contributed by atoms with Crippen molar-refractivity contribution in [3.63, 3.8) is 0 Å². The smallest absolute Gasteiger partial charge is 0.294 e. The van der Waals surface area contributed by atoms with Gasteiger partial charge in [0, 0.05) is 23.5 Å². The summed E-state index contributed by atoms with van der Waals surface area (Å²) in [5.74, 6) is -0.278. The second kappa shape index (κ2) is 8.85. The highest BCUT2D eigenvalue weighted by Crippen LogP contribution is 2.33. The molecular weight excluding hydrogens is 404 g/mol. The van der Waals surface area contributed by atoms with E-state index in [0.29, 0.717) is 33.5 Å². The molecule has 0 unspecified atom stereocenters. The number of carbonyl (C=O) groups excluding carboxylic acids is 2. The van der Waals surface area contributed by atoms with Gasteiger partial charge in [0.25, 0.3) is 5.91 Å². The monoisotopic (exact) mass is 426 g/mol. The van der Waals surface area contributed by atoms with E-state index in [2.05, 4.69) is 20.9 Å². The number of halogens is 1. The van der Waals surface area contributed by atoms with E-state index >= 15 is 0 Å². The zero-order valence-corrected chi connectivity index (χ0v) is 17.3. The van der Waals surface area contributed by atoms with Crippen molar-refractivity contribution in [3.8, 4) is 0 Å². The van der Waals surface area contributed by atoms with Gasteiger partial charge in [-0.15, -0.1) is 0 Å². The summed E-state index contributed by atoms with van der Waals surface area (Å²) in [6.07, 6.45) is 4.97. The fraction of sp³-hybridized carbons (Fsp3) is 0.318. The molecule has 0 aliphatic heterocycles. The Bertz CT molecular complexity index is 1060. The first-order valence-corrected chi connectivity index (χ1v) is 10.4. The molecule has 1 fully saturated rings. The lowest BCUT2D eigenvalue weighted by atomic mass is 9.85. The summed E-state index contributed by atoms with van der Waals surface area (Å²) >= 11 is 5.85. The van der Waals surface area contributed by atoms with Crippen LogP contribution in [0.2, 0.25) is 5.02 Å². The van der Waals surface area contributed by atoms with Gasteiger partial charge in [0.15, 0.2) is 0 Å². The van der Waals surface area contributed by atoms with E-state index in [9.17, 15) is 9.59 Å². The largest absolute Gasteiger partial charge is 0.449 e. The Balaban J connectivity index is 1.58. The molecule has 2 aromatic heterocycles. The highest BCUT2D eigenvalue weighted by atomic mass is 35.5. The molecule has 1 aromatic carbocycles. The molecule has 30 heavy (non-hydrogen) atoms. The van der Waals surface area contributed by atoms with E-state index in [1.807, 2.05) is 25.2 Å². The van der Waals surface area contributed by atoms with Crippen molar-refractivity contribution >= 4 is 45.9 Å². The normalized spacial score (nSPS) is 18.9. The molecule has 7 nitrogen and oxygen atoms in total. The summed E-state index contributed by atoms with van der Waals surface area (Å²) in [5, 5.41) is 10.1. The third-order valence-electron chi connectivity index (χ3n) is 5.53. The highest BCUT2D eigenvalue weighted by molar-refractivity contribution is 6.30. The van der Waals surface area contributed by atoms with Crippen molar-refractivity contribution in [2.45, 2.75) is 31.7 Å². The number of furan rings is 1. The molecule has 0 spiro atoms. The topological polar surface area (TPSA) is 96.3 Å². The van der Waals surface area contributed by atoms with Crippen LogP contribution in [0.1, 0.15) is 36.2 Å². The average Bonchev–Trinajstić information content (AvgIpc) is 3.14. The molecule has 156 valence electrons. The number of amides is 2. The minimum absolute atomic E-state index is 0.0465. The number of para-hydroxylation sites is 1. The molecule has 1 aliphatic carbocycles. The van der Waals surface area contributed by atoms with Crippen LogP contribution in [-0.2, 0) is 4.79 Å². The minimum Gasteiger partial charge on any atom is -0.449 e. The zero-order valence-electron chi connectivity index (χ0n) is 16.6. The summed E-state index contributed by atoms with van der Waals surface area (Å²) in [6.45, 7) is 0. The number of carbonyl (C=O) groups is 2. The number of fused-ring (bicyclic) bond motifs is 1. The van der Waals surface area contributed by atoms with Crippen LogP contribution in [0, 0.1) is 5.92 Å². The number of aromatic nitrogens is 1. The first-order chi connectivity index (χ1) is 14.5. The second-order valence-electron chi connectivity index (χ2n) is 7.44. The molecule has 0 saturated heterocycles. The third-order valence-corrected chi connectivity index (χ3v) is 5.75. The van der Waals surface area contributed by atoms with Gasteiger partial charge in [-0.3, -0.25) is 9.59 Å². The Morgan fingerprint density at radius 2 is 1.83 bits per heavy atom. The highest BCUT2D eigenvalue weighted by Gasteiger charge is 2.28. The van der Waals surface area contributed by atoms with Gasteiger partial charge >= 0.3 is 0 Å². The zero-order chi connectivity index (χ0) is 21.1. The van der Waals surface area contributed by atoms with Crippen LogP contribution >= 0.6 is 11.6 Å². The van der Waals surface area contributed by atoms with Crippen LogP contribution in [0.5, 0.6) is 0 Å². The predicted molar refractivity (Wildman–Crippen MR) is 117 cm³/mol. The fourth-order valence-electron chi connectivity index (χ4n) is 3.82. The van der Waals surface area contributed by atoms with Gasteiger partial charge in [0.05, 0.1) is 5.02 Å². The first kappa shape index (κ1) is 20.4. The minimum atomic E-state index is -0.491. The first-order valence-electron chi connectivity index (χ1n) is 9.97. The molecule has 0 bridgehead atoms. The number of benzene rings is 1. The van der Waals surface area contributed by atoms with Gasteiger partial charge in [0.1, 0.15) is 17.1 Å². The van der Waals surface area contributed by atoms with E-state index in [4.69, 9.17) is 16.0 Å². The summed E-state index contributed by atoms with van der Waals surface area (Å²) in [4.78, 5) is 29.9. The number of anilines is 2. The van der Waals surface area contributed by atoms with Crippen LogP contribution in [0.25, 0.3) is 11.0 Å². The average molecular weight is 427 g/mol. The number of nitrogens with zero attached hydrogens (tertiary/aromatic N) is 1. The summed E-state index contributed by atoms with van der Waals surface area (Å²) in [7, 11) is 1.95. The van der Waals surface area contributed by atoms with Gasteiger partial charge < -0.3 is 20.4 Å². The number of rotatable bonds is 5. The van der Waals surface area contributed by atoms with Crippen molar-refractivity contribution < 1.29 is 14.0 Å². The molecule has 3 N–H and O–H groups in total. The van der Waals surface area contributed by atoms with Crippen molar-refractivity contribution in [2.24, 2.45) is 5.92 Å². The predicted octanol–water partition coefficient (Wildman–Crippen LogP) is 4.45. The quantitative estimate of drug-likeness (QED) is 0.560. The van der Waals surface area contributed by atoms with Gasteiger partial charge in [-0.25, -0.2) is 4.98 Å². The molecule has 2 heterocycles. The van der Waals surface area contributed by atoms with Crippen LogP contribution in [-0.4, -0.2) is 29.9 Å². The van der Waals surface area contributed by atoms with Gasteiger partial charge in [-0.1, -0.05) is 23.7 Å². The molecule has 1 aliphatic rings. The van der Waals surface area contributed by atoms with Crippen LogP contribution in [0.4, 0.5) is 11.5 Å². The maximum absolute atomic E-state index is 12.9. The van der Waals surface area contributed by atoms with E-state index in [0.717, 1.165) is 25.7 Å². The molecule has 0 atom stereocenters. The maximum atomic E-state index is 12.9. The molecule has 3 aromatic rings. The number of hydrogen-bond acceptors (Lipinski definition) is 5. The lowest BCUT2D eigenvalue weighted by Gasteiger charge is -2.27. The summed E-state index contributed by atoms with van der Waals surface area (Å²) in [6, 6.07) is 10.9. The number of hydrogen-bond donors (Lipinski definition) is 3. The Morgan fingerprint density at radius 3 is 2.53 bits per heavy atom. The molecule has 1 saturated carbocycles. The molecule has 0 radical (unpaired) electrons. The third kappa shape index (κ3) is 4.32. The van der Waals surface area contributed by atoms with Crippen molar-refractivity contribution in [1.29, 1.82) is 0 Å². The van der Waals surface area contributed by atoms with E-state index < -0.39 is 5.91 Å². The van der Waals surface area contributed by atoms with Gasteiger partial charge in [-0.2, -0.15) is 0 Å². The maximum Gasteiger partial charge on any atom is 0.294 e. The fourth-order valence-corrected chi connectivity index (χ4v) is 3.93. The second-order valence-corrected chi connectivity index (χ2v) is 7.88. The van der Waals surface area contributed by atoms with Crippen LogP contribution in [0.15, 0.2) is 47.0 Å². The molecule has 2 amide bonds. The lowest BCUT2D eigenvalue weighted by Crippen LogP contribution is -2.34. The van der Waals surface area contributed by atoms with Crippen molar-refractivity contribution in [3.05, 3.63) is 53.4 Å². The number of nitrogens with one attached hydrogen (secondary N) is 3. The molecular formula is C22H23ClN4O3. The summed E-state index contributed by atoms with van der Waals surface area (Å²) in [5.41, 5.74) is 0.915. The van der Waals surface area contributed by atoms with Gasteiger partial charge in [-0.05, 0) is 57.0 Å². The molecule has 8 heteroatoms. The summed E-state index contributed by atoms with van der Waals surface area (Å²) < 4.78 is 5.79. The van der Waals surface area contributed by atoms with Crippen LogP contribution < -0.4 is 16.0 Å². The van der Waals surface area contributed by atoms with E-state index in [1.165, 1.54) is 6.20 Å². The SMILES string of the molecule is CN[C@H]1CC[C@H](C(=O)Nc2c(C(=O)Nc3ccc(Cl)cn3)oc3ccccc23)CC1. The van der Waals surface area contributed by atoms with E-state index in [-0.39, 0.29) is 17.6 Å². The Morgan fingerprint density at radius 1 is 1.07 bits per heavy atom. The lowest BCUT2D eigenvalue weighted by molar-refractivity contribution is -0.120. The standard InChI is InChI=1S/C22H23ClN4O3/c1-24-15-9-6-13(7-10-15)21(28)27-19-16-4-2-3-5-17(16)30-20(19)22(29)26-18-11-8-14(23)12-25-18/h2-5,8,11-13,15,24H,6-7,9-10H2,1H3,(H,27,28)(H,25,26,29)/t13-,15-. The van der Waals surface area contributed by atoms with Gasteiger partial charge in [0.2, 0.25) is 11.7 Å². The van der Waals surface area contributed by atoms with Crippen molar-refractivity contribution in [2.75, 3.05) is 17.7 Å². The molecule has 4 rings (SSSR count). The Labute approximate surface area is 179 Å². The Kier molecular flexibility index (Phi) is 6.01.